The van der Waals surface area contributed by atoms with Crippen molar-refractivity contribution in [3.63, 3.8) is 0 Å². The molecule has 0 saturated carbocycles. The van der Waals surface area contributed by atoms with Crippen LogP contribution in [0, 0.1) is 0 Å². The second-order valence-corrected chi connectivity index (χ2v) is 1.73. The molecule has 0 amide bonds. The molecule has 0 rings (SSSR count). The van der Waals surface area contributed by atoms with Gasteiger partial charge in [0.2, 0.25) is 0 Å². The topological polar surface area (TPSA) is 110 Å². The van der Waals surface area contributed by atoms with E-state index in [0.29, 0.717) is 0 Å². The summed E-state index contributed by atoms with van der Waals surface area (Å²) in [5.74, 6) is -0.822. The van der Waals surface area contributed by atoms with Crippen molar-refractivity contribution >= 4 is 14.6 Å². The summed E-state index contributed by atoms with van der Waals surface area (Å²) in [6.07, 6.45) is 0. The number of carbonyl (C=O) groups is 1. The average Bonchev–Trinajstić information content (AvgIpc) is 1.62. The van der Waals surface area contributed by atoms with E-state index in [1.54, 1.807) is 7.05 Å². The Labute approximate surface area is 59.1 Å². The van der Waals surface area contributed by atoms with Crippen molar-refractivity contribution in [2.75, 3.05) is 13.6 Å². The first-order valence-corrected chi connectivity index (χ1v) is 3.43. The van der Waals surface area contributed by atoms with Crippen LogP contribution in [-0.4, -0.2) is 39.3 Å². The first kappa shape index (κ1) is 12.4. The lowest BCUT2D eigenvalue weighted by atomic mass is 10.7. The van der Waals surface area contributed by atoms with Crippen LogP contribution in [0.1, 0.15) is 0 Å². The van der Waals surface area contributed by atoms with Crippen LogP contribution < -0.4 is 5.32 Å². The summed E-state index contributed by atoms with van der Waals surface area (Å²) in [6.45, 7) is 0.0417. The number of hydrogen-bond acceptors (Lipinski definition) is 5. The lowest BCUT2D eigenvalue weighted by Crippen LogP contribution is -2.16. The van der Waals surface area contributed by atoms with Gasteiger partial charge < -0.3 is 25.1 Å². The quantitative estimate of drug-likeness (QED) is 0.323. The first-order chi connectivity index (χ1) is 4.50. The molecular formula is C3H10NO5P. The smallest absolute Gasteiger partial charge is 0.324 e. The van der Waals surface area contributed by atoms with E-state index in [1.165, 1.54) is 0 Å². The van der Waals surface area contributed by atoms with Crippen LogP contribution >= 0.6 is 8.60 Å². The largest absolute Gasteiger partial charge is 0.480 e. The zero-order valence-electron chi connectivity index (χ0n) is 5.35. The van der Waals surface area contributed by atoms with Crippen molar-refractivity contribution < 1.29 is 24.6 Å². The van der Waals surface area contributed by atoms with Crippen LogP contribution in [0.15, 0.2) is 0 Å². The van der Waals surface area contributed by atoms with Gasteiger partial charge in [0.1, 0.15) is 0 Å². The molecule has 7 heteroatoms. The van der Waals surface area contributed by atoms with E-state index in [2.05, 4.69) is 5.32 Å². The highest BCUT2D eigenvalue weighted by molar-refractivity contribution is 7.38. The molecule has 5 N–H and O–H groups in total. The molecule has 0 aliphatic carbocycles. The molecular weight excluding hydrogens is 161 g/mol. The van der Waals surface area contributed by atoms with Crippen LogP contribution in [-0.2, 0) is 4.79 Å². The molecule has 0 saturated heterocycles. The third-order valence-corrected chi connectivity index (χ3v) is 0.328. The van der Waals surface area contributed by atoms with Crippen molar-refractivity contribution in [2.24, 2.45) is 0 Å². The summed E-state index contributed by atoms with van der Waals surface area (Å²) >= 11 is 0. The van der Waals surface area contributed by atoms with Gasteiger partial charge in [0.15, 0.2) is 0 Å². The van der Waals surface area contributed by atoms with Gasteiger partial charge in [-0.25, -0.2) is 0 Å². The van der Waals surface area contributed by atoms with Crippen LogP contribution in [0.4, 0.5) is 0 Å². The minimum Gasteiger partial charge on any atom is -0.480 e. The number of rotatable bonds is 2. The fraction of sp³-hybridized carbons (Fsp3) is 0.667. The van der Waals surface area contributed by atoms with Gasteiger partial charge in [0.25, 0.3) is 0 Å². The summed E-state index contributed by atoms with van der Waals surface area (Å²) in [5, 5.41) is 10.3. The first-order valence-electron chi connectivity index (χ1n) is 2.23. The van der Waals surface area contributed by atoms with Gasteiger partial charge in [0.05, 0.1) is 6.54 Å². The van der Waals surface area contributed by atoms with Gasteiger partial charge >= 0.3 is 14.6 Å². The van der Waals surface area contributed by atoms with Gasteiger partial charge in [-0.2, -0.15) is 0 Å². The molecule has 0 unspecified atom stereocenters. The van der Waals surface area contributed by atoms with E-state index >= 15 is 0 Å². The third-order valence-electron chi connectivity index (χ3n) is 0.328. The van der Waals surface area contributed by atoms with E-state index in [4.69, 9.17) is 19.8 Å². The van der Waals surface area contributed by atoms with E-state index in [-0.39, 0.29) is 6.54 Å². The van der Waals surface area contributed by atoms with Gasteiger partial charge in [-0.3, -0.25) is 4.79 Å². The van der Waals surface area contributed by atoms with Crippen molar-refractivity contribution in [3.8, 4) is 0 Å². The highest BCUT2D eigenvalue weighted by atomic mass is 31.2. The van der Waals surface area contributed by atoms with E-state index < -0.39 is 14.6 Å². The second-order valence-electron chi connectivity index (χ2n) is 1.19. The maximum Gasteiger partial charge on any atom is 0.324 e. The zero-order chi connectivity index (χ0) is 8.57. The van der Waals surface area contributed by atoms with E-state index in [0.717, 1.165) is 0 Å². The predicted octanol–water partition coefficient (Wildman–Crippen LogP) is -1.52. The SMILES string of the molecule is CNCC(=O)O.OP(O)O. The van der Waals surface area contributed by atoms with Crippen molar-refractivity contribution in [3.05, 3.63) is 0 Å². The molecule has 0 aromatic rings. The molecule has 0 heterocycles. The Hall–Kier alpha value is -0.260. The minimum absolute atomic E-state index is 0.0417. The molecule has 6 nitrogen and oxygen atoms in total. The summed E-state index contributed by atoms with van der Waals surface area (Å²) < 4.78 is 0. The standard InChI is InChI=1S/C3H7NO2.H3O3P/c1-4-2-3(5)6;1-4(2)3/h4H,2H2,1H3,(H,5,6);1-3H. The van der Waals surface area contributed by atoms with E-state index in [9.17, 15) is 4.79 Å². The monoisotopic (exact) mass is 171 g/mol. The Bertz CT molecular complexity index is 84.2. The molecule has 0 bridgehead atoms. The normalized spacial score (nSPS) is 8.50. The Morgan fingerprint density at radius 3 is 1.80 bits per heavy atom. The highest BCUT2D eigenvalue weighted by Crippen LogP contribution is 2.11. The number of hydrogen-bond donors (Lipinski definition) is 5. The van der Waals surface area contributed by atoms with Gasteiger partial charge in [-0.05, 0) is 7.05 Å². The van der Waals surface area contributed by atoms with Crippen molar-refractivity contribution in [1.82, 2.24) is 5.32 Å². The van der Waals surface area contributed by atoms with Crippen molar-refractivity contribution in [1.29, 1.82) is 0 Å². The summed E-state index contributed by atoms with van der Waals surface area (Å²) in [4.78, 5) is 31.2. The number of carboxylic acid groups (broad SMARTS) is 1. The minimum atomic E-state index is -2.62. The Morgan fingerprint density at radius 1 is 1.50 bits per heavy atom. The van der Waals surface area contributed by atoms with Gasteiger partial charge in [-0.15, -0.1) is 0 Å². The number of likely N-dealkylation sites (N-methyl/N-ethyl adjacent to an activating group) is 1. The van der Waals surface area contributed by atoms with Crippen LogP contribution in [0.3, 0.4) is 0 Å². The van der Waals surface area contributed by atoms with Gasteiger partial charge in [0, 0.05) is 0 Å². The molecule has 62 valence electrons. The number of carboxylic acids is 1. The van der Waals surface area contributed by atoms with Crippen LogP contribution in [0.2, 0.25) is 0 Å². The summed E-state index contributed by atoms with van der Waals surface area (Å²) in [7, 11) is -1.03. The Kier molecular flexibility index (Phi) is 10.9. The lowest BCUT2D eigenvalue weighted by Gasteiger charge is -1.84. The molecule has 0 spiro atoms. The van der Waals surface area contributed by atoms with Gasteiger partial charge in [-0.1, -0.05) is 0 Å². The average molecular weight is 171 g/mol. The molecule has 0 aliphatic heterocycles. The van der Waals surface area contributed by atoms with E-state index in [1.807, 2.05) is 0 Å². The summed E-state index contributed by atoms with van der Waals surface area (Å²) in [5.41, 5.74) is 0. The van der Waals surface area contributed by atoms with Crippen LogP contribution in [0.5, 0.6) is 0 Å². The molecule has 0 aromatic carbocycles. The predicted molar refractivity (Wildman–Crippen MR) is 35.1 cm³/mol. The summed E-state index contributed by atoms with van der Waals surface area (Å²) in [6, 6.07) is 0. The number of aliphatic carboxylic acids is 1. The highest BCUT2D eigenvalue weighted by Gasteiger charge is 1.86. The molecule has 0 radical (unpaired) electrons. The zero-order valence-corrected chi connectivity index (χ0v) is 6.25. The maximum absolute atomic E-state index is 9.54. The van der Waals surface area contributed by atoms with Crippen molar-refractivity contribution in [2.45, 2.75) is 0 Å². The Morgan fingerprint density at radius 2 is 1.80 bits per heavy atom. The lowest BCUT2D eigenvalue weighted by molar-refractivity contribution is -0.135. The fourth-order valence-corrected chi connectivity index (χ4v) is 0.151. The molecule has 10 heavy (non-hydrogen) atoms. The molecule has 0 aromatic heterocycles. The fourth-order valence-electron chi connectivity index (χ4n) is 0.151. The molecule has 0 fully saturated rings. The maximum atomic E-state index is 9.54. The number of nitrogens with one attached hydrogen (secondary N) is 1. The second kappa shape index (κ2) is 8.74. The third kappa shape index (κ3) is 46.8. The molecule has 0 atom stereocenters. The Balaban J connectivity index is 0. The van der Waals surface area contributed by atoms with Crippen LogP contribution in [0.25, 0.3) is 0 Å². The molecule has 0 aliphatic rings.